The minimum absolute atomic E-state index is 0.577. The second kappa shape index (κ2) is 7.28. The van der Waals surface area contributed by atoms with E-state index < -0.39 is 6.09 Å². The minimum atomic E-state index is -0.925. The number of rotatable bonds is 6. The Kier molecular flexibility index (Phi) is 7.05. The van der Waals surface area contributed by atoms with Crippen LogP contribution in [-0.4, -0.2) is 28.7 Å². The van der Waals surface area contributed by atoms with Crippen molar-refractivity contribution in [3.63, 3.8) is 0 Å². The summed E-state index contributed by atoms with van der Waals surface area (Å²) in [4.78, 5) is 10.0. The van der Waals surface area contributed by atoms with Gasteiger partial charge in [0.1, 0.15) is 0 Å². The maximum atomic E-state index is 10.0. The first-order chi connectivity index (χ1) is 5.63. The third-order valence-electron chi connectivity index (χ3n) is 1.30. The maximum Gasteiger partial charge on any atom is 0.404 e. The lowest BCUT2D eigenvalue weighted by molar-refractivity contribution is 0.194. The van der Waals surface area contributed by atoms with Crippen LogP contribution in [0.15, 0.2) is 0 Å². The van der Waals surface area contributed by atoms with E-state index in [4.69, 9.17) is 5.11 Å². The Morgan fingerprint density at radius 2 is 2.17 bits per heavy atom. The summed E-state index contributed by atoms with van der Waals surface area (Å²) in [5, 5.41) is 11.3. The van der Waals surface area contributed by atoms with Crippen LogP contribution in [0, 0.1) is 0 Å². The van der Waals surface area contributed by atoms with Crippen LogP contribution in [0.4, 0.5) is 4.79 Å². The fourth-order valence-electron chi connectivity index (χ4n) is 0.741. The van der Waals surface area contributed by atoms with Crippen molar-refractivity contribution in [2.75, 3.05) is 12.3 Å². The molecular weight excluding hydrogens is 174 g/mol. The van der Waals surface area contributed by atoms with Crippen molar-refractivity contribution in [2.45, 2.75) is 31.9 Å². The molecule has 0 fully saturated rings. The summed E-state index contributed by atoms with van der Waals surface area (Å²) in [5.74, 6) is 1.12. The predicted octanol–water partition coefficient (Wildman–Crippen LogP) is 2.18. The number of unbranched alkanes of at least 4 members (excludes halogenated alkanes) is 1. The number of carboxylic acid groups (broad SMARTS) is 1. The number of hydrogen-bond acceptors (Lipinski definition) is 2. The van der Waals surface area contributed by atoms with Crippen LogP contribution in [0.1, 0.15) is 26.7 Å². The van der Waals surface area contributed by atoms with Gasteiger partial charge in [-0.1, -0.05) is 13.8 Å². The highest BCUT2D eigenvalue weighted by Gasteiger charge is 1.95. The normalized spacial score (nSPS) is 10.2. The topological polar surface area (TPSA) is 49.3 Å². The van der Waals surface area contributed by atoms with Gasteiger partial charge in [0.15, 0.2) is 0 Å². The highest BCUT2D eigenvalue weighted by Crippen LogP contribution is 2.10. The van der Waals surface area contributed by atoms with Crippen LogP contribution >= 0.6 is 11.8 Å². The summed E-state index contributed by atoms with van der Waals surface area (Å²) in [6.07, 6.45) is 1.10. The van der Waals surface area contributed by atoms with Gasteiger partial charge in [-0.05, 0) is 23.8 Å². The standard InChI is InChI=1S/C8H17NO2S/c1-7(2)12-6-4-3-5-9-8(10)11/h7,9H,3-6H2,1-2H3,(H,10,11). The first-order valence-corrected chi connectivity index (χ1v) is 5.26. The van der Waals surface area contributed by atoms with Gasteiger partial charge < -0.3 is 10.4 Å². The average molecular weight is 191 g/mol. The molecule has 0 aliphatic heterocycles. The average Bonchev–Trinajstić information content (AvgIpc) is 1.95. The Balaban J connectivity index is 2.96. The van der Waals surface area contributed by atoms with Crippen molar-refractivity contribution in [1.82, 2.24) is 5.32 Å². The summed E-state index contributed by atoms with van der Waals surface area (Å²) < 4.78 is 0. The quantitative estimate of drug-likeness (QED) is 0.633. The molecule has 4 heteroatoms. The molecular formula is C8H17NO2S. The molecule has 0 spiro atoms. The SMILES string of the molecule is CC(C)SCCCCNC(=O)O. The third-order valence-corrected chi connectivity index (χ3v) is 2.49. The van der Waals surface area contributed by atoms with Gasteiger partial charge in [0.2, 0.25) is 0 Å². The molecule has 0 atom stereocenters. The van der Waals surface area contributed by atoms with Gasteiger partial charge in [-0.15, -0.1) is 0 Å². The van der Waals surface area contributed by atoms with Crippen LogP contribution < -0.4 is 5.32 Å². The third kappa shape index (κ3) is 9.62. The Labute approximate surface area is 77.9 Å². The van der Waals surface area contributed by atoms with Crippen molar-refractivity contribution in [2.24, 2.45) is 0 Å². The maximum absolute atomic E-state index is 10.0. The molecule has 0 aliphatic rings. The van der Waals surface area contributed by atoms with Gasteiger partial charge in [-0.2, -0.15) is 11.8 Å². The zero-order valence-corrected chi connectivity index (χ0v) is 8.49. The largest absolute Gasteiger partial charge is 0.465 e. The lowest BCUT2D eigenvalue weighted by atomic mass is 10.3. The van der Waals surface area contributed by atoms with E-state index in [2.05, 4.69) is 19.2 Å². The molecule has 72 valence electrons. The Bertz CT molecular complexity index is 128. The molecule has 0 rings (SSSR count). The van der Waals surface area contributed by atoms with E-state index in [1.54, 1.807) is 0 Å². The molecule has 0 radical (unpaired) electrons. The van der Waals surface area contributed by atoms with Crippen LogP contribution in [-0.2, 0) is 0 Å². The van der Waals surface area contributed by atoms with E-state index in [9.17, 15) is 4.79 Å². The second-order valence-electron chi connectivity index (χ2n) is 2.86. The zero-order valence-electron chi connectivity index (χ0n) is 7.67. The van der Waals surface area contributed by atoms with Gasteiger partial charge in [0.25, 0.3) is 0 Å². The van der Waals surface area contributed by atoms with E-state index in [-0.39, 0.29) is 0 Å². The van der Waals surface area contributed by atoms with E-state index in [0.717, 1.165) is 18.6 Å². The molecule has 0 unspecified atom stereocenters. The van der Waals surface area contributed by atoms with Crippen LogP contribution in [0.2, 0.25) is 0 Å². The fraction of sp³-hybridized carbons (Fsp3) is 0.875. The van der Waals surface area contributed by atoms with E-state index in [1.807, 2.05) is 11.8 Å². The molecule has 0 aromatic carbocycles. The highest BCUT2D eigenvalue weighted by atomic mass is 32.2. The van der Waals surface area contributed by atoms with Gasteiger partial charge in [0, 0.05) is 6.54 Å². The monoisotopic (exact) mass is 191 g/mol. The van der Waals surface area contributed by atoms with E-state index >= 15 is 0 Å². The molecule has 12 heavy (non-hydrogen) atoms. The van der Waals surface area contributed by atoms with Gasteiger partial charge in [0.05, 0.1) is 0 Å². The molecule has 0 aromatic heterocycles. The summed E-state index contributed by atoms with van der Waals surface area (Å²) >= 11 is 1.91. The van der Waals surface area contributed by atoms with Crippen molar-refractivity contribution < 1.29 is 9.90 Å². The number of thioether (sulfide) groups is 1. The molecule has 0 aromatic rings. The summed E-state index contributed by atoms with van der Waals surface area (Å²) in [6.45, 7) is 4.91. The fourth-order valence-corrected chi connectivity index (χ4v) is 1.58. The number of nitrogens with one attached hydrogen (secondary N) is 1. The predicted molar refractivity (Wildman–Crippen MR) is 52.9 cm³/mol. The zero-order chi connectivity index (χ0) is 9.40. The van der Waals surface area contributed by atoms with Crippen molar-refractivity contribution in [1.29, 1.82) is 0 Å². The van der Waals surface area contributed by atoms with Crippen LogP contribution in [0.25, 0.3) is 0 Å². The van der Waals surface area contributed by atoms with Crippen molar-refractivity contribution in [3.8, 4) is 0 Å². The van der Waals surface area contributed by atoms with Crippen LogP contribution in [0.5, 0.6) is 0 Å². The Morgan fingerprint density at radius 3 is 2.67 bits per heavy atom. The lowest BCUT2D eigenvalue weighted by Gasteiger charge is -2.03. The number of amides is 1. The van der Waals surface area contributed by atoms with Crippen LogP contribution in [0.3, 0.4) is 0 Å². The molecule has 0 saturated carbocycles. The second-order valence-corrected chi connectivity index (χ2v) is 4.54. The molecule has 0 saturated heterocycles. The van der Waals surface area contributed by atoms with Crippen molar-refractivity contribution in [3.05, 3.63) is 0 Å². The Morgan fingerprint density at radius 1 is 1.50 bits per heavy atom. The molecule has 3 nitrogen and oxygen atoms in total. The van der Waals surface area contributed by atoms with Gasteiger partial charge in [-0.3, -0.25) is 0 Å². The first-order valence-electron chi connectivity index (χ1n) is 4.21. The summed E-state index contributed by atoms with van der Waals surface area (Å²) in [6, 6.07) is 0. The minimum Gasteiger partial charge on any atom is -0.465 e. The summed E-state index contributed by atoms with van der Waals surface area (Å²) in [7, 11) is 0. The van der Waals surface area contributed by atoms with E-state index in [0.29, 0.717) is 11.8 Å². The number of hydrogen-bond donors (Lipinski definition) is 2. The molecule has 0 bridgehead atoms. The molecule has 0 heterocycles. The number of carbonyl (C=O) groups is 1. The molecule has 2 N–H and O–H groups in total. The van der Waals surface area contributed by atoms with Crippen molar-refractivity contribution >= 4 is 17.9 Å². The smallest absolute Gasteiger partial charge is 0.404 e. The molecule has 1 amide bonds. The highest BCUT2D eigenvalue weighted by molar-refractivity contribution is 7.99. The summed E-state index contributed by atoms with van der Waals surface area (Å²) in [5.41, 5.74) is 0. The lowest BCUT2D eigenvalue weighted by Crippen LogP contribution is -2.21. The van der Waals surface area contributed by atoms with E-state index in [1.165, 1.54) is 0 Å². The Hall–Kier alpha value is -0.380. The first kappa shape index (κ1) is 11.6. The van der Waals surface area contributed by atoms with Gasteiger partial charge >= 0.3 is 6.09 Å². The molecule has 0 aliphatic carbocycles. The van der Waals surface area contributed by atoms with Gasteiger partial charge in [-0.25, -0.2) is 4.79 Å².